The lowest BCUT2D eigenvalue weighted by Crippen LogP contribution is -2.39. The van der Waals surface area contributed by atoms with Crippen molar-refractivity contribution in [2.75, 3.05) is 20.8 Å². The van der Waals surface area contributed by atoms with Gasteiger partial charge in [0.2, 0.25) is 0 Å². The molecule has 0 saturated carbocycles. The Balaban J connectivity index is 1.68. The largest absolute Gasteiger partial charge is 0.493 e. The summed E-state index contributed by atoms with van der Waals surface area (Å²) in [6.07, 6.45) is 1.71. The maximum atomic E-state index is 13.9. The quantitative estimate of drug-likeness (QED) is 0.169. The lowest BCUT2D eigenvalue weighted by molar-refractivity contribution is -0.384. The standard InChI is InChI=1S/C30H27N3O8S/c1-6-40-29(35)26-17(3)31-30-32(28(34)25(42-30)14-18-8-10-22(38-4)24(13-18)39-5)27(26)23-12-11-21(41-23)20-15-19(33(36)37)9-7-16(20)2/h7-15,27H,6H2,1-5H3/b25-14-/t27-/m1/s1. The zero-order chi connectivity index (χ0) is 30.1. The molecule has 4 aromatic rings. The third-order valence-corrected chi connectivity index (χ3v) is 7.80. The number of thiazole rings is 1. The van der Waals surface area contributed by atoms with Crippen molar-refractivity contribution in [3.05, 3.63) is 106 Å². The van der Waals surface area contributed by atoms with Gasteiger partial charge in [-0.05, 0) is 62.2 Å². The predicted octanol–water partition coefficient (Wildman–Crippen LogP) is 4.29. The summed E-state index contributed by atoms with van der Waals surface area (Å²) in [4.78, 5) is 43.0. The number of ether oxygens (including phenoxy) is 3. The van der Waals surface area contributed by atoms with E-state index in [1.165, 1.54) is 35.1 Å². The molecule has 42 heavy (non-hydrogen) atoms. The van der Waals surface area contributed by atoms with E-state index in [2.05, 4.69) is 4.99 Å². The second kappa shape index (κ2) is 11.5. The maximum absolute atomic E-state index is 13.9. The third kappa shape index (κ3) is 5.12. The number of hydrogen-bond donors (Lipinski definition) is 0. The van der Waals surface area contributed by atoms with Gasteiger partial charge in [-0.2, -0.15) is 0 Å². The van der Waals surface area contributed by atoms with Crippen LogP contribution >= 0.6 is 11.3 Å². The van der Waals surface area contributed by atoms with Gasteiger partial charge in [-0.1, -0.05) is 23.5 Å². The van der Waals surface area contributed by atoms with Crippen molar-refractivity contribution in [3.63, 3.8) is 0 Å². The van der Waals surface area contributed by atoms with Crippen molar-refractivity contribution < 1.29 is 28.3 Å². The number of fused-ring (bicyclic) bond motifs is 1. The van der Waals surface area contributed by atoms with Gasteiger partial charge >= 0.3 is 5.97 Å². The average Bonchev–Trinajstić information content (AvgIpc) is 3.57. The molecule has 1 aliphatic rings. The summed E-state index contributed by atoms with van der Waals surface area (Å²) >= 11 is 1.17. The van der Waals surface area contributed by atoms with Gasteiger partial charge in [0.15, 0.2) is 16.3 Å². The van der Waals surface area contributed by atoms with Crippen LogP contribution in [0.3, 0.4) is 0 Å². The molecule has 5 rings (SSSR count). The number of esters is 1. The Morgan fingerprint density at radius 1 is 1.12 bits per heavy atom. The van der Waals surface area contributed by atoms with Crippen molar-refractivity contribution in [2.45, 2.75) is 26.8 Å². The topological polar surface area (TPSA) is 135 Å². The predicted molar refractivity (Wildman–Crippen MR) is 155 cm³/mol. The number of non-ortho nitro benzene ring substituents is 1. The van der Waals surface area contributed by atoms with Crippen molar-refractivity contribution >= 4 is 29.1 Å². The molecule has 0 bridgehead atoms. The molecular weight excluding hydrogens is 562 g/mol. The highest BCUT2D eigenvalue weighted by Crippen LogP contribution is 2.36. The summed E-state index contributed by atoms with van der Waals surface area (Å²) < 4.78 is 24.1. The van der Waals surface area contributed by atoms with Crippen LogP contribution in [0.25, 0.3) is 17.4 Å². The molecule has 3 heterocycles. The number of carbonyl (C=O) groups is 1. The SMILES string of the molecule is CCOC(=O)C1=C(C)N=c2s/c(=C\c3ccc(OC)c(OC)c3)c(=O)n2[C@@H]1c1ccc(-c2cc([N+](=O)[O-])ccc2C)o1. The van der Waals surface area contributed by atoms with Crippen LogP contribution in [0.4, 0.5) is 5.69 Å². The maximum Gasteiger partial charge on any atom is 0.338 e. The fraction of sp³-hybridized carbons (Fsp3) is 0.233. The molecule has 0 aliphatic carbocycles. The van der Waals surface area contributed by atoms with Crippen LogP contribution in [-0.4, -0.2) is 36.3 Å². The normalized spacial score (nSPS) is 14.8. The first-order valence-electron chi connectivity index (χ1n) is 12.9. The molecule has 12 heteroatoms. The number of aryl methyl sites for hydroxylation is 1. The first kappa shape index (κ1) is 28.6. The lowest BCUT2D eigenvalue weighted by atomic mass is 10.0. The Bertz CT molecular complexity index is 1930. The summed E-state index contributed by atoms with van der Waals surface area (Å²) in [5, 5.41) is 11.4. The number of benzene rings is 2. The molecule has 0 radical (unpaired) electrons. The summed E-state index contributed by atoms with van der Waals surface area (Å²) in [5.74, 6) is 1.08. The van der Waals surface area contributed by atoms with E-state index in [0.717, 1.165) is 5.56 Å². The second-order valence-electron chi connectivity index (χ2n) is 9.38. The molecule has 1 atom stereocenters. The van der Waals surface area contributed by atoms with Crippen LogP contribution in [-0.2, 0) is 9.53 Å². The van der Waals surface area contributed by atoms with E-state index in [1.54, 1.807) is 63.4 Å². The van der Waals surface area contributed by atoms with Gasteiger partial charge in [0.1, 0.15) is 17.6 Å². The van der Waals surface area contributed by atoms with E-state index in [0.29, 0.717) is 43.4 Å². The van der Waals surface area contributed by atoms with Gasteiger partial charge in [-0.3, -0.25) is 19.5 Å². The molecule has 2 aromatic heterocycles. The fourth-order valence-corrected chi connectivity index (χ4v) is 5.83. The number of nitro groups is 1. The summed E-state index contributed by atoms with van der Waals surface area (Å²) in [6.45, 7) is 5.31. The highest BCUT2D eigenvalue weighted by atomic mass is 32.1. The van der Waals surface area contributed by atoms with Gasteiger partial charge in [-0.25, -0.2) is 9.79 Å². The summed E-state index contributed by atoms with van der Waals surface area (Å²) in [5.41, 5.74) is 2.09. The van der Waals surface area contributed by atoms with E-state index in [1.807, 2.05) is 6.92 Å². The summed E-state index contributed by atoms with van der Waals surface area (Å²) in [7, 11) is 3.07. The number of nitro benzene ring substituents is 1. The van der Waals surface area contributed by atoms with E-state index in [4.69, 9.17) is 18.6 Å². The minimum absolute atomic E-state index is 0.0837. The van der Waals surface area contributed by atoms with Crippen LogP contribution in [0.1, 0.15) is 36.8 Å². The van der Waals surface area contributed by atoms with E-state index < -0.39 is 16.9 Å². The molecule has 1 aliphatic heterocycles. The number of allylic oxidation sites excluding steroid dienone is 1. The number of aromatic nitrogens is 1. The average molecular weight is 590 g/mol. The minimum atomic E-state index is -0.972. The van der Waals surface area contributed by atoms with Crippen LogP contribution in [0, 0.1) is 17.0 Å². The van der Waals surface area contributed by atoms with Gasteiger partial charge in [0.05, 0.1) is 41.6 Å². The molecular formula is C30H27N3O8S. The third-order valence-electron chi connectivity index (χ3n) is 6.82. The Labute approximate surface area is 243 Å². The molecule has 0 saturated heterocycles. The molecule has 2 aromatic carbocycles. The smallest absolute Gasteiger partial charge is 0.338 e. The number of methoxy groups -OCH3 is 2. The fourth-order valence-electron chi connectivity index (χ4n) is 4.79. The van der Waals surface area contributed by atoms with E-state index >= 15 is 0 Å². The zero-order valence-corrected chi connectivity index (χ0v) is 24.3. The second-order valence-corrected chi connectivity index (χ2v) is 10.4. The first-order valence-corrected chi connectivity index (χ1v) is 13.7. The highest BCUT2D eigenvalue weighted by molar-refractivity contribution is 7.07. The Kier molecular flexibility index (Phi) is 7.81. The lowest BCUT2D eigenvalue weighted by Gasteiger charge is -2.22. The number of furan rings is 1. The van der Waals surface area contributed by atoms with Gasteiger partial charge < -0.3 is 18.6 Å². The molecule has 0 fully saturated rings. The number of rotatable bonds is 8. The molecule has 0 unspecified atom stereocenters. The number of nitrogens with zero attached hydrogens (tertiary/aromatic N) is 3. The molecule has 0 amide bonds. The van der Waals surface area contributed by atoms with E-state index in [9.17, 15) is 19.7 Å². The van der Waals surface area contributed by atoms with Crippen molar-refractivity contribution in [2.24, 2.45) is 4.99 Å². The Hall–Kier alpha value is -4.97. The Morgan fingerprint density at radius 3 is 2.57 bits per heavy atom. The zero-order valence-electron chi connectivity index (χ0n) is 23.5. The van der Waals surface area contributed by atoms with Crippen molar-refractivity contribution in [1.29, 1.82) is 0 Å². The molecule has 0 N–H and O–H groups in total. The summed E-state index contributed by atoms with van der Waals surface area (Å²) in [6, 6.07) is 12.1. The van der Waals surface area contributed by atoms with Crippen molar-refractivity contribution in [3.8, 4) is 22.8 Å². The van der Waals surface area contributed by atoms with Crippen LogP contribution in [0.5, 0.6) is 11.5 Å². The molecule has 216 valence electrons. The molecule has 11 nitrogen and oxygen atoms in total. The monoisotopic (exact) mass is 589 g/mol. The number of hydrogen-bond acceptors (Lipinski definition) is 10. The van der Waals surface area contributed by atoms with Gasteiger partial charge in [0, 0.05) is 17.7 Å². The van der Waals surface area contributed by atoms with Gasteiger partial charge in [0.25, 0.3) is 11.2 Å². The number of carbonyl (C=O) groups excluding carboxylic acids is 1. The van der Waals surface area contributed by atoms with Crippen LogP contribution < -0.4 is 24.4 Å². The first-order chi connectivity index (χ1) is 20.2. The van der Waals surface area contributed by atoms with Crippen molar-refractivity contribution in [1.82, 2.24) is 4.57 Å². The van der Waals surface area contributed by atoms with Gasteiger partial charge in [-0.15, -0.1) is 0 Å². The van der Waals surface area contributed by atoms with Crippen LogP contribution in [0.15, 0.2) is 74.0 Å². The Morgan fingerprint density at radius 2 is 1.88 bits per heavy atom. The van der Waals surface area contributed by atoms with Crippen LogP contribution in [0.2, 0.25) is 0 Å². The van der Waals surface area contributed by atoms with E-state index in [-0.39, 0.29) is 29.2 Å². The molecule has 0 spiro atoms. The highest BCUT2D eigenvalue weighted by Gasteiger charge is 2.35. The minimum Gasteiger partial charge on any atom is -0.493 e.